The summed E-state index contributed by atoms with van der Waals surface area (Å²) in [6.45, 7) is 4.57. The van der Waals surface area contributed by atoms with E-state index in [0.717, 1.165) is 22.2 Å². The zero-order chi connectivity index (χ0) is 18.8. The summed E-state index contributed by atoms with van der Waals surface area (Å²) in [7, 11) is 3.39. The average Bonchev–Trinajstić information content (AvgIpc) is 2.94. The number of carbonyl (C=O) groups is 2. The number of nitrogens with zero attached hydrogens (tertiary/aromatic N) is 1. The van der Waals surface area contributed by atoms with Crippen molar-refractivity contribution in [1.82, 2.24) is 15.2 Å². The van der Waals surface area contributed by atoms with E-state index >= 15 is 0 Å². The number of hydrogen-bond acceptors (Lipinski definition) is 2. The number of benzene rings is 2. The maximum Gasteiger partial charge on any atom is 0.253 e. The molecule has 1 aromatic heterocycles. The Bertz CT molecular complexity index is 971. The number of aromatic amines is 1. The molecule has 0 spiro atoms. The SMILES string of the molecule is CNC(=O)c1ccc(CN(C)C(=O)c2ccc3[nH]c(C)c(C)c3c2)cc1. The van der Waals surface area contributed by atoms with Crippen LogP contribution in [0, 0.1) is 13.8 Å². The molecule has 0 fully saturated rings. The molecule has 0 bridgehead atoms. The fraction of sp³-hybridized carbons (Fsp3) is 0.238. The van der Waals surface area contributed by atoms with E-state index < -0.39 is 0 Å². The van der Waals surface area contributed by atoms with Gasteiger partial charge in [-0.15, -0.1) is 0 Å². The Morgan fingerprint density at radius 2 is 1.69 bits per heavy atom. The van der Waals surface area contributed by atoms with Crippen LogP contribution in [0.4, 0.5) is 0 Å². The van der Waals surface area contributed by atoms with Crippen molar-refractivity contribution in [1.29, 1.82) is 0 Å². The number of nitrogens with one attached hydrogen (secondary N) is 2. The third-order valence-electron chi connectivity index (χ3n) is 4.76. The van der Waals surface area contributed by atoms with Crippen molar-refractivity contribution in [2.24, 2.45) is 0 Å². The Morgan fingerprint density at radius 1 is 1.04 bits per heavy atom. The topological polar surface area (TPSA) is 65.2 Å². The number of aromatic nitrogens is 1. The lowest BCUT2D eigenvalue weighted by atomic mass is 10.1. The van der Waals surface area contributed by atoms with Gasteiger partial charge in [-0.2, -0.15) is 0 Å². The molecule has 0 aliphatic carbocycles. The van der Waals surface area contributed by atoms with Crippen LogP contribution in [-0.2, 0) is 6.54 Å². The molecule has 0 saturated carbocycles. The highest BCUT2D eigenvalue weighted by Gasteiger charge is 2.14. The molecule has 0 unspecified atom stereocenters. The second-order valence-corrected chi connectivity index (χ2v) is 6.57. The second-order valence-electron chi connectivity index (χ2n) is 6.57. The molecule has 3 rings (SSSR count). The van der Waals surface area contributed by atoms with E-state index in [2.05, 4.69) is 17.2 Å². The maximum absolute atomic E-state index is 12.8. The number of amides is 2. The summed E-state index contributed by atoms with van der Waals surface area (Å²) in [6.07, 6.45) is 0. The molecule has 134 valence electrons. The summed E-state index contributed by atoms with van der Waals surface area (Å²) in [6, 6.07) is 13.0. The Balaban J connectivity index is 1.77. The first-order valence-corrected chi connectivity index (χ1v) is 8.56. The Morgan fingerprint density at radius 3 is 2.35 bits per heavy atom. The predicted octanol–water partition coefficient (Wildman–Crippen LogP) is 3.42. The van der Waals surface area contributed by atoms with Crippen LogP contribution in [0.25, 0.3) is 10.9 Å². The van der Waals surface area contributed by atoms with Crippen LogP contribution in [0.1, 0.15) is 37.5 Å². The van der Waals surface area contributed by atoms with Crippen molar-refractivity contribution < 1.29 is 9.59 Å². The molecule has 2 amide bonds. The Kier molecular flexibility index (Phi) is 4.80. The van der Waals surface area contributed by atoms with Gasteiger partial charge in [0.15, 0.2) is 0 Å². The minimum Gasteiger partial charge on any atom is -0.358 e. The fourth-order valence-electron chi connectivity index (χ4n) is 3.07. The summed E-state index contributed by atoms with van der Waals surface area (Å²) in [5.41, 5.74) is 5.58. The molecular weight excluding hydrogens is 326 g/mol. The lowest BCUT2D eigenvalue weighted by Crippen LogP contribution is -2.26. The van der Waals surface area contributed by atoms with Crippen LogP contribution in [0.15, 0.2) is 42.5 Å². The smallest absolute Gasteiger partial charge is 0.253 e. The van der Waals surface area contributed by atoms with E-state index in [4.69, 9.17) is 0 Å². The molecule has 0 saturated heterocycles. The molecule has 0 aliphatic rings. The average molecular weight is 349 g/mol. The highest BCUT2D eigenvalue weighted by Crippen LogP contribution is 2.23. The van der Waals surface area contributed by atoms with Crippen molar-refractivity contribution in [3.8, 4) is 0 Å². The molecule has 5 heteroatoms. The molecule has 0 aliphatic heterocycles. The molecule has 2 N–H and O–H groups in total. The molecule has 26 heavy (non-hydrogen) atoms. The van der Waals surface area contributed by atoms with Gasteiger partial charge in [0.2, 0.25) is 0 Å². The van der Waals surface area contributed by atoms with Gasteiger partial charge >= 0.3 is 0 Å². The third-order valence-corrected chi connectivity index (χ3v) is 4.76. The summed E-state index contributed by atoms with van der Waals surface area (Å²) in [4.78, 5) is 29.4. The van der Waals surface area contributed by atoms with Crippen LogP contribution >= 0.6 is 0 Å². The van der Waals surface area contributed by atoms with Crippen molar-refractivity contribution >= 4 is 22.7 Å². The van der Waals surface area contributed by atoms with E-state index in [1.165, 1.54) is 5.56 Å². The lowest BCUT2D eigenvalue weighted by Gasteiger charge is -2.17. The van der Waals surface area contributed by atoms with Crippen molar-refractivity contribution in [2.75, 3.05) is 14.1 Å². The van der Waals surface area contributed by atoms with Gasteiger partial charge in [0.25, 0.3) is 11.8 Å². The number of H-pyrrole nitrogens is 1. The highest BCUT2D eigenvalue weighted by atomic mass is 16.2. The van der Waals surface area contributed by atoms with Gasteiger partial charge in [-0.05, 0) is 55.3 Å². The molecular formula is C21H23N3O2. The summed E-state index contributed by atoms with van der Waals surface area (Å²) in [5.74, 6) is -0.146. The minimum absolute atomic E-state index is 0.0273. The van der Waals surface area contributed by atoms with Crippen molar-refractivity contribution in [2.45, 2.75) is 20.4 Å². The van der Waals surface area contributed by atoms with Gasteiger partial charge in [0.1, 0.15) is 0 Å². The molecule has 2 aromatic carbocycles. The largest absolute Gasteiger partial charge is 0.358 e. The first-order valence-electron chi connectivity index (χ1n) is 8.56. The molecule has 5 nitrogen and oxygen atoms in total. The van der Waals surface area contributed by atoms with E-state index in [-0.39, 0.29) is 11.8 Å². The van der Waals surface area contributed by atoms with Crippen LogP contribution in [0.5, 0.6) is 0 Å². The minimum atomic E-state index is -0.119. The van der Waals surface area contributed by atoms with E-state index in [9.17, 15) is 9.59 Å². The van der Waals surface area contributed by atoms with Crippen LogP contribution in [0.2, 0.25) is 0 Å². The monoisotopic (exact) mass is 349 g/mol. The van der Waals surface area contributed by atoms with E-state index in [1.807, 2.05) is 37.3 Å². The van der Waals surface area contributed by atoms with Gasteiger partial charge in [-0.25, -0.2) is 0 Å². The van der Waals surface area contributed by atoms with Crippen LogP contribution < -0.4 is 5.32 Å². The number of rotatable bonds is 4. The summed E-state index contributed by atoms with van der Waals surface area (Å²) in [5, 5.41) is 3.68. The molecule has 1 heterocycles. The van der Waals surface area contributed by atoms with Crippen LogP contribution in [0.3, 0.4) is 0 Å². The highest BCUT2D eigenvalue weighted by molar-refractivity contribution is 5.99. The standard InChI is InChI=1S/C21H23N3O2/c1-13-14(2)23-19-10-9-17(11-18(13)19)21(26)24(4)12-15-5-7-16(8-6-15)20(25)22-3/h5-11,23H,12H2,1-4H3,(H,22,25). The van der Waals surface area contributed by atoms with Gasteiger partial charge in [0.05, 0.1) is 0 Å². The molecule has 3 aromatic rings. The van der Waals surface area contributed by atoms with Crippen molar-refractivity contribution in [3.63, 3.8) is 0 Å². The molecule has 0 radical (unpaired) electrons. The number of aryl methyl sites for hydroxylation is 2. The van der Waals surface area contributed by atoms with Gasteiger partial charge in [-0.3, -0.25) is 9.59 Å². The normalized spacial score (nSPS) is 10.8. The summed E-state index contributed by atoms with van der Waals surface area (Å²) >= 11 is 0. The zero-order valence-corrected chi connectivity index (χ0v) is 15.5. The first-order chi connectivity index (χ1) is 12.4. The van der Waals surface area contributed by atoms with Gasteiger partial charge in [0, 0.05) is 48.4 Å². The lowest BCUT2D eigenvalue weighted by molar-refractivity contribution is 0.0785. The van der Waals surface area contributed by atoms with E-state index in [0.29, 0.717) is 17.7 Å². The predicted molar refractivity (Wildman–Crippen MR) is 103 cm³/mol. The first kappa shape index (κ1) is 17.7. The summed E-state index contributed by atoms with van der Waals surface area (Å²) < 4.78 is 0. The second kappa shape index (κ2) is 7.04. The Labute approximate surface area is 153 Å². The fourth-order valence-corrected chi connectivity index (χ4v) is 3.07. The maximum atomic E-state index is 12.8. The van der Waals surface area contributed by atoms with E-state index in [1.54, 1.807) is 31.1 Å². The zero-order valence-electron chi connectivity index (χ0n) is 15.5. The number of carbonyl (C=O) groups excluding carboxylic acids is 2. The third kappa shape index (κ3) is 3.33. The van der Waals surface area contributed by atoms with Crippen molar-refractivity contribution in [3.05, 3.63) is 70.4 Å². The quantitative estimate of drug-likeness (QED) is 0.758. The number of hydrogen-bond donors (Lipinski definition) is 2. The van der Waals surface area contributed by atoms with Crippen LogP contribution in [-0.4, -0.2) is 35.8 Å². The van der Waals surface area contributed by atoms with Gasteiger partial charge in [-0.1, -0.05) is 12.1 Å². The Hall–Kier alpha value is -3.08. The van der Waals surface area contributed by atoms with Gasteiger partial charge < -0.3 is 15.2 Å². The number of fused-ring (bicyclic) bond motifs is 1. The molecule has 0 atom stereocenters.